The number of nitriles is 1. The van der Waals surface area contributed by atoms with Crippen LogP contribution < -0.4 is 0 Å². The summed E-state index contributed by atoms with van der Waals surface area (Å²) in [7, 11) is 0. The summed E-state index contributed by atoms with van der Waals surface area (Å²) in [6.07, 6.45) is -1.02. The number of rotatable bonds is 0. The fourth-order valence-corrected chi connectivity index (χ4v) is 0.740. The monoisotopic (exact) mass is 113 g/mol. The highest BCUT2D eigenvalue weighted by Crippen LogP contribution is 2.26. The van der Waals surface area contributed by atoms with Crippen molar-refractivity contribution in [1.82, 2.24) is 0 Å². The molecule has 1 unspecified atom stereocenters. The van der Waals surface area contributed by atoms with E-state index < -0.39 is 12.2 Å². The number of hydrogen-bond acceptors (Lipinski definition) is 3. The van der Waals surface area contributed by atoms with E-state index in [0.717, 1.165) is 0 Å². The maximum absolute atomic E-state index is 8.70. The summed E-state index contributed by atoms with van der Waals surface area (Å²) in [4.78, 5) is 0. The third-order valence-corrected chi connectivity index (χ3v) is 1.47. The van der Waals surface area contributed by atoms with Gasteiger partial charge in [0.05, 0.1) is 24.2 Å². The van der Waals surface area contributed by atoms with Gasteiger partial charge in [0.1, 0.15) is 0 Å². The maximum atomic E-state index is 8.70. The van der Waals surface area contributed by atoms with Crippen molar-refractivity contribution in [2.75, 3.05) is 0 Å². The minimum atomic E-state index is -0.792. The van der Waals surface area contributed by atoms with Gasteiger partial charge in [0.25, 0.3) is 0 Å². The third kappa shape index (κ3) is 0.585. The van der Waals surface area contributed by atoms with E-state index in [9.17, 15) is 0 Å². The van der Waals surface area contributed by atoms with E-state index >= 15 is 0 Å². The highest BCUT2D eigenvalue weighted by atomic mass is 16.3. The van der Waals surface area contributed by atoms with Crippen LogP contribution in [0, 0.1) is 17.2 Å². The molecule has 0 aliphatic heterocycles. The Kier molecular flexibility index (Phi) is 1.20. The predicted molar refractivity (Wildman–Crippen MR) is 25.7 cm³/mol. The molecular weight excluding hydrogens is 106 g/mol. The average Bonchev–Trinajstić information content (AvgIpc) is 1.81. The minimum absolute atomic E-state index is 0.329. The van der Waals surface area contributed by atoms with Gasteiger partial charge in [0.2, 0.25) is 0 Å². The van der Waals surface area contributed by atoms with Gasteiger partial charge in [-0.05, 0) is 6.42 Å². The van der Waals surface area contributed by atoms with E-state index in [2.05, 4.69) is 0 Å². The zero-order chi connectivity index (χ0) is 6.15. The van der Waals surface area contributed by atoms with E-state index in [0.29, 0.717) is 6.42 Å². The van der Waals surface area contributed by atoms with Crippen LogP contribution in [0.15, 0.2) is 0 Å². The quantitative estimate of drug-likeness (QED) is 0.434. The SMILES string of the molecule is N#CC1C[C@@H](O)[C@H]1O. The van der Waals surface area contributed by atoms with Crippen LogP contribution >= 0.6 is 0 Å². The number of nitrogens with zero attached hydrogens (tertiary/aromatic N) is 1. The lowest BCUT2D eigenvalue weighted by molar-refractivity contribution is -0.0814. The zero-order valence-electron chi connectivity index (χ0n) is 4.28. The van der Waals surface area contributed by atoms with Crippen molar-refractivity contribution in [1.29, 1.82) is 5.26 Å². The summed E-state index contributed by atoms with van der Waals surface area (Å²) in [5.41, 5.74) is 0. The second-order valence-corrected chi connectivity index (χ2v) is 2.03. The highest BCUT2D eigenvalue weighted by molar-refractivity contribution is 5.01. The Morgan fingerprint density at radius 3 is 2.25 bits per heavy atom. The molecule has 0 bridgehead atoms. The van der Waals surface area contributed by atoms with E-state index in [-0.39, 0.29) is 5.92 Å². The molecule has 0 amide bonds. The van der Waals surface area contributed by atoms with Crippen molar-refractivity contribution in [2.24, 2.45) is 5.92 Å². The van der Waals surface area contributed by atoms with Gasteiger partial charge >= 0.3 is 0 Å². The molecule has 3 nitrogen and oxygen atoms in total. The molecule has 0 spiro atoms. The standard InChI is InChI=1S/C5H7NO2/c6-2-3-1-4(7)5(3)8/h3-5,7-8H,1H2/t3?,4-,5+/m1/s1. The molecule has 1 aliphatic carbocycles. The van der Waals surface area contributed by atoms with Gasteiger partial charge in [-0.1, -0.05) is 0 Å². The maximum Gasteiger partial charge on any atom is 0.0958 e. The molecule has 0 saturated heterocycles. The van der Waals surface area contributed by atoms with Crippen LogP contribution in [-0.4, -0.2) is 22.4 Å². The van der Waals surface area contributed by atoms with E-state index in [1.165, 1.54) is 0 Å². The summed E-state index contributed by atoms with van der Waals surface area (Å²) in [6.45, 7) is 0. The van der Waals surface area contributed by atoms with Gasteiger partial charge < -0.3 is 10.2 Å². The van der Waals surface area contributed by atoms with E-state index in [4.69, 9.17) is 15.5 Å². The summed E-state index contributed by atoms with van der Waals surface area (Å²) in [5, 5.41) is 25.5. The molecule has 44 valence electrons. The third-order valence-electron chi connectivity index (χ3n) is 1.47. The Balaban J connectivity index is 2.39. The molecule has 0 aromatic heterocycles. The molecule has 8 heavy (non-hydrogen) atoms. The molecule has 1 fully saturated rings. The number of aliphatic hydroxyl groups excluding tert-OH is 2. The van der Waals surface area contributed by atoms with E-state index in [1.807, 2.05) is 6.07 Å². The van der Waals surface area contributed by atoms with Gasteiger partial charge in [0, 0.05) is 0 Å². The van der Waals surface area contributed by atoms with Crippen LogP contribution in [-0.2, 0) is 0 Å². The fraction of sp³-hybridized carbons (Fsp3) is 0.800. The Labute approximate surface area is 47.2 Å². The highest BCUT2D eigenvalue weighted by Gasteiger charge is 2.38. The Bertz CT molecular complexity index is 129. The molecule has 3 atom stereocenters. The van der Waals surface area contributed by atoms with Crippen LogP contribution in [0.5, 0.6) is 0 Å². The van der Waals surface area contributed by atoms with Gasteiger partial charge in [-0.2, -0.15) is 5.26 Å². The summed E-state index contributed by atoms with van der Waals surface area (Å²) >= 11 is 0. The van der Waals surface area contributed by atoms with Gasteiger partial charge in [0.15, 0.2) is 0 Å². The van der Waals surface area contributed by atoms with E-state index in [1.54, 1.807) is 0 Å². The van der Waals surface area contributed by atoms with Crippen molar-refractivity contribution in [2.45, 2.75) is 18.6 Å². The second kappa shape index (κ2) is 1.73. The topological polar surface area (TPSA) is 64.2 Å². The van der Waals surface area contributed by atoms with Crippen molar-refractivity contribution in [3.05, 3.63) is 0 Å². The molecule has 3 heteroatoms. The van der Waals surface area contributed by atoms with Crippen LogP contribution in [0.2, 0.25) is 0 Å². The van der Waals surface area contributed by atoms with Crippen LogP contribution in [0.3, 0.4) is 0 Å². The van der Waals surface area contributed by atoms with Crippen molar-refractivity contribution < 1.29 is 10.2 Å². The van der Waals surface area contributed by atoms with Crippen molar-refractivity contribution in [3.63, 3.8) is 0 Å². The molecule has 1 rings (SSSR count). The Morgan fingerprint density at radius 1 is 1.50 bits per heavy atom. The lowest BCUT2D eigenvalue weighted by Gasteiger charge is -2.32. The molecule has 0 aromatic rings. The first-order chi connectivity index (χ1) is 3.75. The molecule has 0 heterocycles. The van der Waals surface area contributed by atoms with Crippen LogP contribution in [0.4, 0.5) is 0 Å². The summed E-state index contributed by atoms with van der Waals surface area (Å²) in [6, 6.07) is 1.87. The van der Waals surface area contributed by atoms with Crippen molar-refractivity contribution in [3.8, 4) is 6.07 Å². The first-order valence-electron chi connectivity index (χ1n) is 2.51. The largest absolute Gasteiger partial charge is 0.390 e. The molecule has 0 aromatic carbocycles. The molecule has 2 N–H and O–H groups in total. The molecule has 1 saturated carbocycles. The number of hydrogen-bond donors (Lipinski definition) is 2. The van der Waals surface area contributed by atoms with Crippen molar-refractivity contribution >= 4 is 0 Å². The smallest absolute Gasteiger partial charge is 0.0958 e. The Morgan fingerprint density at radius 2 is 2.12 bits per heavy atom. The fourth-order valence-electron chi connectivity index (χ4n) is 0.740. The van der Waals surface area contributed by atoms with Crippen LogP contribution in [0.25, 0.3) is 0 Å². The first-order valence-corrected chi connectivity index (χ1v) is 2.51. The minimum Gasteiger partial charge on any atom is -0.390 e. The first kappa shape index (κ1) is 5.54. The molecular formula is C5H7NO2. The predicted octanol–water partition coefficient (Wildman–Crippen LogP) is -0.748. The normalized spacial score (nSPS) is 44.9. The molecule has 1 aliphatic rings. The van der Waals surface area contributed by atoms with Gasteiger partial charge in [-0.3, -0.25) is 0 Å². The summed E-state index contributed by atoms with van der Waals surface area (Å²) < 4.78 is 0. The van der Waals surface area contributed by atoms with Gasteiger partial charge in [-0.15, -0.1) is 0 Å². The molecule has 0 radical (unpaired) electrons. The van der Waals surface area contributed by atoms with Crippen LogP contribution in [0.1, 0.15) is 6.42 Å². The number of aliphatic hydroxyl groups is 2. The lowest BCUT2D eigenvalue weighted by atomic mass is 9.80. The average molecular weight is 113 g/mol. The van der Waals surface area contributed by atoms with Gasteiger partial charge in [-0.25, -0.2) is 0 Å². The second-order valence-electron chi connectivity index (χ2n) is 2.03. The zero-order valence-corrected chi connectivity index (χ0v) is 4.28. The lowest BCUT2D eigenvalue weighted by Crippen LogP contribution is -2.45. The summed E-state index contributed by atoms with van der Waals surface area (Å²) in [5.74, 6) is -0.329. The Hall–Kier alpha value is -0.590.